The summed E-state index contributed by atoms with van der Waals surface area (Å²) in [6, 6.07) is 7.43. The van der Waals surface area contributed by atoms with Crippen LogP contribution in [0.2, 0.25) is 0 Å². The van der Waals surface area contributed by atoms with E-state index in [1.54, 1.807) is 30.3 Å². The molecule has 3 aromatic rings. The van der Waals surface area contributed by atoms with Gasteiger partial charge < -0.3 is 4.90 Å². The number of rotatable bonds is 3. The molecule has 2 aromatic carbocycles. The van der Waals surface area contributed by atoms with Crippen molar-refractivity contribution in [2.45, 2.75) is 25.4 Å². The molecular weight excluding hydrogens is 420 g/mol. The minimum absolute atomic E-state index is 0.0592. The molecule has 0 saturated heterocycles. The van der Waals surface area contributed by atoms with Gasteiger partial charge in [0.15, 0.2) is 0 Å². The summed E-state index contributed by atoms with van der Waals surface area (Å²) in [4.78, 5) is 26.3. The van der Waals surface area contributed by atoms with Gasteiger partial charge in [0.1, 0.15) is 0 Å². The molecule has 140 valence electrons. The summed E-state index contributed by atoms with van der Waals surface area (Å²) >= 11 is 3.32. The van der Waals surface area contributed by atoms with Gasteiger partial charge in [0, 0.05) is 23.8 Å². The van der Waals surface area contributed by atoms with Gasteiger partial charge >= 0.3 is 17.6 Å². The van der Waals surface area contributed by atoms with E-state index in [-0.39, 0.29) is 5.52 Å². The molecule has 27 heavy (non-hydrogen) atoms. The number of aryl methyl sites for hydroxylation is 2. The number of carbonyl (C=O) groups excluding carboxylic acids is 1. The Morgan fingerprint density at radius 3 is 2.63 bits per heavy atom. The van der Waals surface area contributed by atoms with E-state index in [4.69, 9.17) is 0 Å². The van der Waals surface area contributed by atoms with Crippen LogP contribution in [0.15, 0.2) is 51.7 Å². The van der Waals surface area contributed by atoms with Crippen molar-refractivity contribution in [2.75, 3.05) is 11.9 Å². The molecule has 0 unspecified atom stereocenters. The van der Waals surface area contributed by atoms with E-state index in [0.29, 0.717) is 39.6 Å². The van der Waals surface area contributed by atoms with E-state index in [2.05, 4.69) is 15.9 Å². The fourth-order valence-electron chi connectivity index (χ4n) is 3.60. The largest absolute Gasteiger partial charge is 0.412 e. The molecule has 1 amide bonds. The molecule has 2 heterocycles. The molecular formula is C19H16BrF2N3O2. The molecule has 1 aliphatic heterocycles. The summed E-state index contributed by atoms with van der Waals surface area (Å²) in [6.07, 6.45) is 1.38. The summed E-state index contributed by atoms with van der Waals surface area (Å²) in [5.41, 5.74) is 0.809. The first-order valence-electron chi connectivity index (χ1n) is 8.47. The Labute approximate surface area is 161 Å². The molecule has 0 saturated carbocycles. The third-order valence-corrected chi connectivity index (χ3v) is 5.34. The summed E-state index contributed by atoms with van der Waals surface area (Å²) < 4.78 is 32.8. The molecule has 0 spiro atoms. The first kappa shape index (κ1) is 17.9. The second-order valence-corrected chi connectivity index (χ2v) is 7.46. The zero-order valence-electron chi connectivity index (χ0n) is 14.5. The van der Waals surface area contributed by atoms with Crippen molar-refractivity contribution in [3.05, 3.63) is 63.0 Å². The van der Waals surface area contributed by atoms with E-state index >= 15 is 8.78 Å². The fourth-order valence-corrected chi connectivity index (χ4v) is 4.10. The highest BCUT2D eigenvalue weighted by Gasteiger charge is 2.47. The Morgan fingerprint density at radius 2 is 1.93 bits per heavy atom. The number of imidazole rings is 1. The topological polar surface area (TPSA) is 47.2 Å². The Bertz CT molecular complexity index is 1110. The number of nitrogens with zero attached hydrogens (tertiary/aromatic N) is 3. The first-order valence-corrected chi connectivity index (χ1v) is 9.27. The molecule has 0 fully saturated rings. The van der Waals surface area contributed by atoms with E-state index in [1.807, 2.05) is 6.07 Å². The van der Waals surface area contributed by atoms with E-state index in [9.17, 15) is 9.59 Å². The van der Waals surface area contributed by atoms with Gasteiger partial charge in [-0.2, -0.15) is 8.78 Å². The highest BCUT2D eigenvalue weighted by molar-refractivity contribution is 9.10. The van der Waals surface area contributed by atoms with Gasteiger partial charge in [0.05, 0.1) is 11.0 Å². The molecule has 0 atom stereocenters. The summed E-state index contributed by atoms with van der Waals surface area (Å²) in [6.45, 7) is 0.357. The van der Waals surface area contributed by atoms with Crippen molar-refractivity contribution in [1.29, 1.82) is 0 Å². The number of hydrogen-bond donors (Lipinski definition) is 0. The Balaban J connectivity index is 1.90. The van der Waals surface area contributed by atoms with Crippen molar-refractivity contribution in [3.8, 4) is 0 Å². The number of para-hydroxylation sites is 1. The molecule has 0 radical (unpaired) electrons. The molecule has 5 nitrogen and oxygen atoms in total. The van der Waals surface area contributed by atoms with Gasteiger partial charge in [0.2, 0.25) is 0 Å². The minimum Gasteiger partial charge on any atom is -0.308 e. The summed E-state index contributed by atoms with van der Waals surface area (Å²) in [5, 5.41) is 0. The lowest BCUT2D eigenvalue weighted by molar-refractivity contribution is -0.157. The molecule has 0 N–H and O–H groups in total. The lowest BCUT2D eigenvalue weighted by Gasteiger charge is -2.24. The maximum absolute atomic E-state index is 15.3. The van der Waals surface area contributed by atoms with Crippen molar-refractivity contribution < 1.29 is 13.6 Å². The van der Waals surface area contributed by atoms with Crippen LogP contribution >= 0.6 is 15.9 Å². The van der Waals surface area contributed by atoms with Crippen LogP contribution in [-0.4, -0.2) is 22.1 Å². The Morgan fingerprint density at radius 1 is 1.22 bits per heavy atom. The van der Waals surface area contributed by atoms with Gasteiger partial charge in [-0.3, -0.25) is 9.36 Å². The number of anilines is 1. The number of halogens is 3. The maximum atomic E-state index is 15.3. The van der Waals surface area contributed by atoms with Crippen molar-refractivity contribution >= 4 is 38.6 Å². The zero-order valence-corrected chi connectivity index (χ0v) is 16.0. The van der Waals surface area contributed by atoms with E-state index < -0.39 is 17.6 Å². The lowest BCUT2D eigenvalue weighted by atomic mass is 10.0. The predicted molar refractivity (Wildman–Crippen MR) is 102 cm³/mol. The van der Waals surface area contributed by atoms with Crippen molar-refractivity contribution in [3.63, 3.8) is 0 Å². The van der Waals surface area contributed by atoms with Gasteiger partial charge in [-0.05, 0) is 42.7 Å². The van der Waals surface area contributed by atoms with Crippen LogP contribution in [0.4, 0.5) is 14.5 Å². The van der Waals surface area contributed by atoms with Gasteiger partial charge in [-0.25, -0.2) is 9.36 Å². The smallest absolute Gasteiger partial charge is 0.308 e. The monoisotopic (exact) mass is 435 g/mol. The SMILES string of the molecule is CN(C(=O)C(F)(F)n1c(=O)n2c3c(cc(Br)cc31)CCC2)c1ccccc1. The number of benzene rings is 2. The van der Waals surface area contributed by atoms with Crippen molar-refractivity contribution in [1.82, 2.24) is 9.13 Å². The molecule has 1 aliphatic rings. The number of hydrogen-bond acceptors (Lipinski definition) is 2. The summed E-state index contributed by atoms with van der Waals surface area (Å²) in [7, 11) is 1.27. The number of amides is 1. The van der Waals surface area contributed by atoms with E-state index in [1.165, 1.54) is 17.7 Å². The molecule has 1 aromatic heterocycles. The highest BCUT2D eigenvalue weighted by Crippen LogP contribution is 2.33. The minimum atomic E-state index is -4.02. The molecule has 4 rings (SSSR count). The summed E-state index contributed by atoms with van der Waals surface area (Å²) in [5.74, 6) is -1.46. The number of aromatic nitrogens is 2. The zero-order chi connectivity index (χ0) is 19.3. The average Bonchev–Trinajstić information content (AvgIpc) is 2.95. The number of alkyl halides is 2. The standard InChI is InChI=1S/C19H16BrF2N3O2/c1-23(14-7-3-2-4-8-14)17(26)19(21,22)25-15-11-13(20)10-12-6-5-9-24(16(12)15)18(25)27/h2-4,7-8,10-11H,5-6,9H2,1H3. The molecule has 0 aliphatic carbocycles. The average molecular weight is 436 g/mol. The van der Waals surface area contributed by atoms with Gasteiger partial charge in [0.25, 0.3) is 0 Å². The molecule has 0 bridgehead atoms. The van der Waals surface area contributed by atoms with Gasteiger partial charge in [-0.15, -0.1) is 0 Å². The van der Waals surface area contributed by atoms with Crippen molar-refractivity contribution in [2.24, 2.45) is 0 Å². The van der Waals surface area contributed by atoms with Crippen LogP contribution in [0.3, 0.4) is 0 Å². The Kier molecular flexibility index (Phi) is 4.18. The molecule has 8 heteroatoms. The first-order chi connectivity index (χ1) is 12.8. The lowest BCUT2D eigenvalue weighted by Crippen LogP contribution is -2.47. The maximum Gasteiger partial charge on any atom is 0.412 e. The van der Waals surface area contributed by atoms with Crippen LogP contribution in [0, 0.1) is 0 Å². The number of carbonyl (C=O) groups is 1. The quantitative estimate of drug-likeness (QED) is 0.629. The normalized spacial score (nSPS) is 13.8. The fraction of sp³-hybridized carbons (Fsp3) is 0.263. The van der Waals surface area contributed by atoms with Crippen LogP contribution < -0.4 is 10.6 Å². The highest BCUT2D eigenvalue weighted by atomic mass is 79.9. The Hall–Kier alpha value is -2.48. The third-order valence-electron chi connectivity index (χ3n) is 4.88. The van der Waals surface area contributed by atoms with Crippen LogP contribution in [0.5, 0.6) is 0 Å². The second kappa shape index (κ2) is 6.30. The van der Waals surface area contributed by atoms with E-state index in [0.717, 1.165) is 10.5 Å². The van der Waals surface area contributed by atoms with Crippen LogP contribution in [0.1, 0.15) is 12.0 Å². The third kappa shape index (κ3) is 2.70. The second-order valence-electron chi connectivity index (χ2n) is 6.55. The van der Waals surface area contributed by atoms with Gasteiger partial charge in [-0.1, -0.05) is 34.1 Å². The number of likely N-dealkylation sites (N-methyl/N-ethyl adjacent to an activating group) is 1. The van der Waals surface area contributed by atoms with Crippen LogP contribution in [-0.2, 0) is 23.8 Å². The predicted octanol–water partition coefficient (Wildman–Crippen LogP) is 3.72. The van der Waals surface area contributed by atoms with Crippen LogP contribution in [0.25, 0.3) is 11.0 Å².